The van der Waals surface area contributed by atoms with Crippen molar-refractivity contribution in [3.05, 3.63) is 52.9 Å². The number of nitrogens with two attached hydrogens (primary N) is 3. The lowest BCUT2D eigenvalue weighted by Crippen LogP contribution is -2.53. The SMILES string of the molecule is Cc1cc(O)cc(C)c1CC(NC(=O)[C@H](N)CCCn1ccnc1N)C(=O)N[C@@H](CCCCN)c1nc(CC2CCCCC2)no1. The van der Waals surface area contributed by atoms with E-state index in [2.05, 4.69) is 20.8 Å². The molecule has 1 fully saturated rings. The number of aromatic nitrogens is 4. The number of nitrogens with one attached hydrogen (secondary N) is 2. The van der Waals surface area contributed by atoms with Gasteiger partial charge in [-0.2, -0.15) is 4.98 Å². The molecule has 4 rings (SSSR count). The van der Waals surface area contributed by atoms with E-state index >= 15 is 0 Å². The number of aryl methyl sites for hydroxylation is 3. The first-order valence-electron chi connectivity index (χ1n) is 16.6. The normalized spacial score (nSPS) is 15.7. The minimum Gasteiger partial charge on any atom is -0.508 e. The van der Waals surface area contributed by atoms with E-state index in [0.29, 0.717) is 55.9 Å². The number of rotatable bonds is 17. The Morgan fingerprint density at radius 3 is 2.48 bits per heavy atom. The zero-order valence-electron chi connectivity index (χ0n) is 27.2. The van der Waals surface area contributed by atoms with Crippen LogP contribution in [0.5, 0.6) is 5.75 Å². The van der Waals surface area contributed by atoms with Crippen LogP contribution in [-0.2, 0) is 29.0 Å². The Balaban J connectivity index is 1.49. The van der Waals surface area contributed by atoms with Crippen molar-refractivity contribution in [2.45, 2.75) is 116 Å². The van der Waals surface area contributed by atoms with Gasteiger partial charge in [-0.3, -0.25) is 9.59 Å². The molecule has 9 N–H and O–H groups in total. The molecule has 2 heterocycles. The second-order valence-corrected chi connectivity index (χ2v) is 12.7. The summed E-state index contributed by atoms with van der Waals surface area (Å²) >= 11 is 0. The van der Waals surface area contributed by atoms with E-state index in [-0.39, 0.29) is 18.1 Å². The van der Waals surface area contributed by atoms with Crippen LogP contribution >= 0.6 is 0 Å². The lowest BCUT2D eigenvalue weighted by Gasteiger charge is -2.24. The summed E-state index contributed by atoms with van der Waals surface area (Å²) < 4.78 is 7.49. The lowest BCUT2D eigenvalue weighted by molar-refractivity contribution is -0.130. The Bertz CT molecular complexity index is 1390. The van der Waals surface area contributed by atoms with Crippen LogP contribution in [-0.4, -0.2) is 55.2 Å². The van der Waals surface area contributed by atoms with E-state index in [1.165, 1.54) is 19.3 Å². The Morgan fingerprint density at radius 1 is 1.07 bits per heavy atom. The molecule has 1 aliphatic rings. The van der Waals surface area contributed by atoms with Crippen molar-refractivity contribution in [3.63, 3.8) is 0 Å². The molecule has 252 valence electrons. The third-order valence-corrected chi connectivity index (χ3v) is 8.96. The van der Waals surface area contributed by atoms with E-state index < -0.39 is 24.0 Å². The number of imidazole rings is 1. The highest BCUT2D eigenvalue weighted by Crippen LogP contribution is 2.27. The van der Waals surface area contributed by atoms with Crippen LogP contribution in [0, 0.1) is 19.8 Å². The molecule has 3 atom stereocenters. The first kappa shape index (κ1) is 34.9. The van der Waals surface area contributed by atoms with Crippen molar-refractivity contribution in [1.29, 1.82) is 0 Å². The molecule has 0 spiro atoms. The molecule has 1 unspecified atom stereocenters. The Kier molecular flexibility index (Phi) is 13.0. The van der Waals surface area contributed by atoms with E-state index in [1.54, 1.807) is 29.1 Å². The molecule has 2 amide bonds. The average Bonchev–Trinajstić information content (AvgIpc) is 3.66. The van der Waals surface area contributed by atoms with Crippen molar-refractivity contribution in [2.75, 3.05) is 12.3 Å². The van der Waals surface area contributed by atoms with E-state index in [9.17, 15) is 14.7 Å². The van der Waals surface area contributed by atoms with Gasteiger partial charge in [0.1, 0.15) is 17.8 Å². The topological polar surface area (TPSA) is 213 Å². The molecule has 13 nitrogen and oxygen atoms in total. The number of aromatic hydroxyl groups is 1. The summed E-state index contributed by atoms with van der Waals surface area (Å²) in [5, 5.41) is 20.3. The van der Waals surface area contributed by atoms with Gasteiger partial charge in [-0.1, -0.05) is 37.3 Å². The van der Waals surface area contributed by atoms with Gasteiger partial charge in [0.25, 0.3) is 0 Å². The van der Waals surface area contributed by atoms with Gasteiger partial charge in [0.15, 0.2) is 11.8 Å². The fourth-order valence-corrected chi connectivity index (χ4v) is 6.29. The number of unbranched alkanes of at least 4 members (excludes halogenated alkanes) is 1. The first-order chi connectivity index (χ1) is 22.1. The number of hydrogen-bond donors (Lipinski definition) is 6. The fraction of sp³-hybridized carbons (Fsp3) is 0.606. The maximum absolute atomic E-state index is 14.0. The van der Waals surface area contributed by atoms with Gasteiger partial charge in [0, 0.05) is 31.8 Å². The molecule has 1 saturated carbocycles. The maximum Gasteiger partial charge on any atom is 0.249 e. The zero-order valence-corrected chi connectivity index (χ0v) is 27.2. The van der Waals surface area contributed by atoms with Crippen molar-refractivity contribution in [3.8, 4) is 5.75 Å². The van der Waals surface area contributed by atoms with Crippen LogP contribution in [0.25, 0.3) is 0 Å². The molecule has 1 aliphatic carbocycles. The van der Waals surface area contributed by atoms with Crippen molar-refractivity contribution in [2.24, 2.45) is 17.4 Å². The van der Waals surface area contributed by atoms with Crippen LogP contribution < -0.4 is 27.8 Å². The molecule has 1 aromatic carbocycles. The summed E-state index contributed by atoms with van der Waals surface area (Å²) in [7, 11) is 0. The van der Waals surface area contributed by atoms with Crippen LogP contribution in [0.4, 0.5) is 5.95 Å². The summed E-state index contributed by atoms with van der Waals surface area (Å²) in [5.41, 5.74) is 20.4. The van der Waals surface area contributed by atoms with Gasteiger partial charge >= 0.3 is 0 Å². The van der Waals surface area contributed by atoms with Crippen LogP contribution in [0.15, 0.2) is 29.0 Å². The standard InChI is InChI=1S/C33H51N9O4/c1-21-17-24(43)18-22(2)25(21)20-28(39-30(44)26(35)11-8-15-42-16-14-37-33(42)36)31(45)38-27(12-6-7-13-34)32-40-29(41-46-32)19-23-9-4-3-5-10-23/h14,16-18,23,26-28,43H,3-13,15,19-20,34-35H2,1-2H3,(H2,36,37)(H,38,45)(H,39,44)/t26-,27+,28?/m1/s1. The summed E-state index contributed by atoms with van der Waals surface area (Å²) in [6, 6.07) is 0.984. The third-order valence-electron chi connectivity index (χ3n) is 8.96. The number of carbonyl (C=O) groups is 2. The molecule has 0 aliphatic heterocycles. The van der Waals surface area contributed by atoms with Crippen molar-refractivity contribution >= 4 is 17.8 Å². The largest absolute Gasteiger partial charge is 0.508 e. The Morgan fingerprint density at radius 2 is 1.80 bits per heavy atom. The quantitative estimate of drug-likeness (QED) is 0.119. The molecule has 0 radical (unpaired) electrons. The Labute approximate surface area is 271 Å². The highest BCUT2D eigenvalue weighted by Gasteiger charge is 2.30. The second kappa shape index (κ2) is 17.1. The fourth-order valence-electron chi connectivity index (χ4n) is 6.29. The van der Waals surface area contributed by atoms with Gasteiger partial charge < -0.3 is 42.0 Å². The van der Waals surface area contributed by atoms with Gasteiger partial charge in [0.05, 0.1) is 6.04 Å². The van der Waals surface area contributed by atoms with Gasteiger partial charge in [-0.15, -0.1) is 0 Å². The number of anilines is 1. The number of phenols is 1. The second-order valence-electron chi connectivity index (χ2n) is 12.7. The number of amides is 2. The molecular weight excluding hydrogens is 586 g/mol. The highest BCUT2D eigenvalue weighted by molar-refractivity contribution is 5.90. The van der Waals surface area contributed by atoms with Gasteiger partial charge in [-0.25, -0.2) is 4.98 Å². The summed E-state index contributed by atoms with van der Waals surface area (Å²) in [6.45, 7) is 4.84. The third kappa shape index (κ3) is 10.0. The maximum atomic E-state index is 14.0. The Hall–Kier alpha value is -3.97. The molecule has 3 aromatic rings. The molecule has 13 heteroatoms. The molecule has 2 aromatic heterocycles. The molecule has 0 bridgehead atoms. The predicted octanol–water partition coefficient (Wildman–Crippen LogP) is 3.12. The number of phenolic OH excluding ortho intramolecular Hbond substituents is 1. The number of hydrogen-bond acceptors (Lipinski definition) is 10. The number of nitrogens with zero attached hydrogens (tertiary/aromatic N) is 4. The molecular formula is C33H51N9O4. The minimum absolute atomic E-state index is 0.143. The van der Waals surface area contributed by atoms with E-state index in [0.717, 1.165) is 48.8 Å². The summed E-state index contributed by atoms with van der Waals surface area (Å²) in [5.74, 6) is 1.28. The first-order valence-corrected chi connectivity index (χ1v) is 16.6. The summed E-state index contributed by atoms with van der Waals surface area (Å²) in [6.07, 6.45) is 13.5. The van der Waals surface area contributed by atoms with Crippen molar-refractivity contribution < 1.29 is 19.2 Å². The predicted molar refractivity (Wildman–Crippen MR) is 175 cm³/mol. The highest BCUT2D eigenvalue weighted by atomic mass is 16.5. The van der Waals surface area contributed by atoms with Crippen LogP contribution in [0.2, 0.25) is 0 Å². The number of benzene rings is 1. The molecule has 0 saturated heterocycles. The van der Waals surface area contributed by atoms with E-state index in [1.807, 2.05) is 13.8 Å². The summed E-state index contributed by atoms with van der Waals surface area (Å²) in [4.78, 5) is 36.0. The average molecular weight is 638 g/mol. The number of carbonyl (C=O) groups excluding carboxylic acids is 2. The van der Waals surface area contributed by atoms with E-state index in [4.69, 9.17) is 26.7 Å². The van der Waals surface area contributed by atoms with Gasteiger partial charge in [-0.05, 0) is 87.2 Å². The monoisotopic (exact) mass is 637 g/mol. The minimum atomic E-state index is -0.938. The zero-order chi connectivity index (χ0) is 33.1. The van der Waals surface area contributed by atoms with Crippen LogP contribution in [0.3, 0.4) is 0 Å². The lowest BCUT2D eigenvalue weighted by atomic mass is 9.87. The molecule has 46 heavy (non-hydrogen) atoms. The number of nitrogen functional groups attached to an aromatic ring is 1. The van der Waals surface area contributed by atoms with Gasteiger partial charge in [0.2, 0.25) is 17.7 Å². The smallest absolute Gasteiger partial charge is 0.249 e. The van der Waals surface area contributed by atoms with Crippen molar-refractivity contribution in [1.82, 2.24) is 30.3 Å². The van der Waals surface area contributed by atoms with Crippen LogP contribution in [0.1, 0.15) is 98.7 Å².